The third-order valence-electron chi connectivity index (χ3n) is 5.68. The number of benzene rings is 3. The van der Waals surface area contributed by atoms with E-state index in [1.807, 2.05) is 86.6 Å². The van der Waals surface area contributed by atoms with Crippen molar-refractivity contribution in [3.63, 3.8) is 0 Å². The Bertz CT molecular complexity index is 1090. The number of carbonyl (C=O) groups is 2. The zero-order valence-corrected chi connectivity index (χ0v) is 21.8. The monoisotopic (exact) mass is 504 g/mol. The molecule has 0 spiro atoms. The van der Waals surface area contributed by atoms with E-state index in [-0.39, 0.29) is 31.1 Å². The molecule has 0 aromatic heterocycles. The van der Waals surface area contributed by atoms with Crippen LogP contribution in [-0.2, 0) is 20.9 Å². The summed E-state index contributed by atoms with van der Waals surface area (Å²) >= 11 is 0. The highest BCUT2D eigenvalue weighted by molar-refractivity contribution is 5.89. The van der Waals surface area contributed by atoms with Crippen molar-refractivity contribution in [2.24, 2.45) is 0 Å². The Kier molecular flexibility index (Phi) is 11.0. The summed E-state index contributed by atoms with van der Waals surface area (Å²) in [5.74, 6) is 0.755. The zero-order chi connectivity index (χ0) is 26.5. The lowest BCUT2D eigenvalue weighted by molar-refractivity contribution is -0.143. The van der Waals surface area contributed by atoms with Crippen molar-refractivity contribution >= 4 is 11.8 Å². The van der Waals surface area contributed by atoms with Gasteiger partial charge in [0, 0.05) is 19.7 Å². The minimum atomic E-state index is -0.832. The number of methoxy groups -OCH3 is 1. The first kappa shape index (κ1) is 27.7. The van der Waals surface area contributed by atoms with Crippen molar-refractivity contribution in [3.8, 4) is 11.5 Å². The van der Waals surface area contributed by atoms with Gasteiger partial charge in [0.05, 0.1) is 13.2 Å². The number of amides is 2. The number of hydrogen-bond donors (Lipinski definition) is 1. The Morgan fingerprint density at radius 2 is 1.51 bits per heavy atom. The number of ether oxygens (including phenoxy) is 3. The molecule has 0 saturated carbocycles. The van der Waals surface area contributed by atoms with Crippen LogP contribution in [0.25, 0.3) is 0 Å². The van der Waals surface area contributed by atoms with E-state index in [1.165, 1.54) is 0 Å². The molecule has 7 nitrogen and oxygen atoms in total. The second-order valence-corrected chi connectivity index (χ2v) is 8.85. The first-order valence-electron chi connectivity index (χ1n) is 12.5. The number of nitrogens with one attached hydrogen (secondary N) is 1. The molecule has 0 radical (unpaired) electrons. The van der Waals surface area contributed by atoms with Gasteiger partial charge in [0.15, 0.2) is 6.61 Å². The van der Waals surface area contributed by atoms with Crippen molar-refractivity contribution in [1.82, 2.24) is 10.2 Å². The molecule has 0 aliphatic carbocycles. The van der Waals surface area contributed by atoms with Crippen molar-refractivity contribution in [1.29, 1.82) is 0 Å². The standard InChI is InChI=1S/C30H36N2O5/c1-23(2)36-20-10-19-31-30(34)29(25-11-6-4-7-12-25)32(21-24-15-17-26(35-3)18-16-24)28(33)22-37-27-13-8-5-9-14-27/h4-9,11-18,23,29H,10,19-22H2,1-3H3,(H,31,34). The fraction of sp³-hybridized carbons (Fsp3) is 0.333. The highest BCUT2D eigenvalue weighted by Gasteiger charge is 2.31. The maximum absolute atomic E-state index is 13.6. The van der Waals surface area contributed by atoms with Gasteiger partial charge in [-0.05, 0) is 55.7 Å². The maximum Gasteiger partial charge on any atom is 0.261 e. The van der Waals surface area contributed by atoms with E-state index in [0.717, 1.165) is 16.9 Å². The van der Waals surface area contributed by atoms with E-state index in [0.29, 0.717) is 25.3 Å². The van der Waals surface area contributed by atoms with Crippen molar-refractivity contribution in [3.05, 3.63) is 96.1 Å². The molecule has 3 aromatic rings. The first-order valence-corrected chi connectivity index (χ1v) is 12.5. The largest absolute Gasteiger partial charge is 0.497 e. The fourth-order valence-corrected chi connectivity index (χ4v) is 3.80. The summed E-state index contributed by atoms with van der Waals surface area (Å²) in [6.07, 6.45) is 0.810. The smallest absolute Gasteiger partial charge is 0.261 e. The lowest BCUT2D eigenvalue weighted by Crippen LogP contribution is -2.45. The van der Waals surface area contributed by atoms with Crippen molar-refractivity contribution in [2.75, 3.05) is 26.9 Å². The molecular weight excluding hydrogens is 468 g/mol. The summed E-state index contributed by atoms with van der Waals surface area (Å²) in [7, 11) is 1.60. The summed E-state index contributed by atoms with van der Waals surface area (Å²) in [6, 6.07) is 25.1. The Labute approximate surface area is 219 Å². The van der Waals surface area contributed by atoms with Gasteiger partial charge >= 0.3 is 0 Å². The fourth-order valence-electron chi connectivity index (χ4n) is 3.80. The third-order valence-corrected chi connectivity index (χ3v) is 5.68. The Morgan fingerprint density at radius 1 is 0.865 bits per heavy atom. The summed E-state index contributed by atoms with van der Waals surface area (Å²) in [6.45, 7) is 4.98. The molecule has 196 valence electrons. The Hall–Kier alpha value is -3.84. The van der Waals surface area contributed by atoms with Crippen LogP contribution in [0.5, 0.6) is 11.5 Å². The number of nitrogens with zero attached hydrogens (tertiary/aromatic N) is 1. The van der Waals surface area contributed by atoms with Gasteiger partial charge in [0.2, 0.25) is 5.91 Å². The molecule has 3 aromatic carbocycles. The molecule has 1 unspecified atom stereocenters. The minimum Gasteiger partial charge on any atom is -0.497 e. The third kappa shape index (κ3) is 8.95. The second kappa shape index (κ2) is 14.7. The molecule has 1 N–H and O–H groups in total. The molecule has 2 amide bonds. The van der Waals surface area contributed by atoms with E-state index >= 15 is 0 Å². The van der Waals surface area contributed by atoms with Gasteiger partial charge in [-0.15, -0.1) is 0 Å². The second-order valence-electron chi connectivity index (χ2n) is 8.85. The van der Waals surface area contributed by atoms with Gasteiger partial charge < -0.3 is 24.4 Å². The molecule has 0 aliphatic rings. The van der Waals surface area contributed by atoms with E-state index in [2.05, 4.69) is 5.32 Å². The molecule has 0 aliphatic heterocycles. The van der Waals surface area contributed by atoms with Crippen molar-refractivity contribution in [2.45, 2.75) is 39.0 Å². The summed E-state index contributed by atoms with van der Waals surface area (Å²) in [5.41, 5.74) is 1.59. The summed E-state index contributed by atoms with van der Waals surface area (Å²) < 4.78 is 16.6. The topological polar surface area (TPSA) is 77.1 Å². The average Bonchev–Trinajstić information content (AvgIpc) is 2.92. The van der Waals surface area contributed by atoms with Gasteiger partial charge in [-0.25, -0.2) is 0 Å². The van der Waals surface area contributed by atoms with Gasteiger partial charge in [-0.3, -0.25) is 9.59 Å². The molecule has 0 saturated heterocycles. The maximum atomic E-state index is 13.6. The van der Waals surface area contributed by atoms with E-state index < -0.39 is 6.04 Å². The number of para-hydroxylation sites is 1. The highest BCUT2D eigenvalue weighted by atomic mass is 16.5. The van der Waals surface area contributed by atoms with Crippen LogP contribution in [0, 0.1) is 0 Å². The molecule has 0 heterocycles. The Balaban J connectivity index is 1.84. The van der Waals surface area contributed by atoms with Gasteiger partial charge in [-0.1, -0.05) is 60.7 Å². The van der Waals surface area contributed by atoms with Crippen LogP contribution in [0.15, 0.2) is 84.9 Å². The van der Waals surface area contributed by atoms with Crippen LogP contribution in [-0.4, -0.2) is 49.7 Å². The van der Waals surface area contributed by atoms with Crippen LogP contribution >= 0.6 is 0 Å². The zero-order valence-electron chi connectivity index (χ0n) is 21.8. The SMILES string of the molecule is COc1ccc(CN(C(=O)COc2ccccc2)C(C(=O)NCCCOC(C)C)c2ccccc2)cc1. The molecule has 7 heteroatoms. The van der Waals surface area contributed by atoms with Gasteiger partial charge in [0.25, 0.3) is 5.91 Å². The van der Waals surface area contributed by atoms with Crippen LogP contribution in [0.3, 0.4) is 0 Å². The number of hydrogen-bond acceptors (Lipinski definition) is 5. The molecule has 0 fully saturated rings. The molecule has 3 rings (SSSR count). The first-order chi connectivity index (χ1) is 18.0. The summed E-state index contributed by atoms with van der Waals surface area (Å²) in [5, 5.41) is 2.99. The van der Waals surface area contributed by atoms with Gasteiger partial charge in [0.1, 0.15) is 17.5 Å². The number of rotatable bonds is 14. The van der Waals surface area contributed by atoms with Crippen LogP contribution in [0.4, 0.5) is 0 Å². The van der Waals surface area contributed by atoms with E-state index in [9.17, 15) is 9.59 Å². The lowest BCUT2D eigenvalue weighted by Gasteiger charge is -2.31. The van der Waals surface area contributed by atoms with Gasteiger partial charge in [-0.2, -0.15) is 0 Å². The predicted molar refractivity (Wildman–Crippen MR) is 143 cm³/mol. The molecular formula is C30H36N2O5. The van der Waals surface area contributed by atoms with E-state index in [4.69, 9.17) is 14.2 Å². The minimum absolute atomic E-state index is 0.134. The Morgan fingerprint density at radius 3 is 2.14 bits per heavy atom. The molecule has 37 heavy (non-hydrogen) atoms. The van der Waals surface area contributed by atoms with Crippen LogP contribution in [0.1, 0.15) is 37.4 Å². The highest BCUT2D eigenvalue weighted by Crippen LogP contribution is 2.25. The summed E-state index contributed by atoms with van der Waals surface area (Å²) in [4.78, 5) is 28.7. The normalized spacial score (nSPS) is 11.6. The number of carbonyl (C=O) groups excluding carboxylic acids is 2. The lowest BCUT2D eigenvalue weighted by atomic mass is 10.0. The van der Waals surface area contributed by atoms with Crippen LogP contribution in [0.2, 0.25) is 0 Å². The molecule has 0 bridgehead atoms. The quantitative estimate of drug-likeness (QED) is 0.320. The van der Waals surface area contributed by atoms with Crippen LogP contribution < -0.4 is 14.8 Å². The predicted octanol–water partition coefficient (Wildman–Crippen LogP) is 4.78. The van der Waals surface area contributed by atoms with Crippen molar-refractivity contribution < 1.29 is 23.8 Å². The van der Waals surface area contributed by atoms with E-state index in [1.54, 1.807) is 24.1 Å². The average molecular weight is 505 g/mol. The molecule has 1 atom stereocenters.